The molecule has 0 aromatic rings. The van der Waals surface area contributed by atoms with Crippen molar-refractivity contribution in [2.45, 2.75) is 83.5 Å². The predicted molar refractivity (Wildman–Crippen MR) is 134 cm³/mol. The number of likely N-dealkylation sites (tertiary alicyclic amines) is 1. The lowest BCUT2D eigenvalue weighted by molar-refractivity contribution is -0.152. The largest absolute Gasteiger partial charge is 0.467 e. The fourth-order valence-corrected chi connectivity index (χ4v) is 8.20. The van der Waals surface area contributed by atoms with E-state index in [1.165, 1.54) is 17.6 Å². The van der Waals surface area contributed by atoms with E-state index in [0.717, 1.165) is 38.5 Å². The molecule has 1 aliphatic heterocycles. The normalized spacial score (nSPS) is 44.5. The van der Waals surface area contributed by atoms with Gasteiger partial charge in [0.25, 0.3) is 5.91 Å². The van der Waals surface area contributed by atoms with Gasteiger partial charge in [-0.05, 0) is 80.8 Å². The van der Waals surface area contributed by atoms with Crippen molar-refractivity contribution in [1.29, 1.82) is 0 Å². The predicted octanol–water partition coefficient (Wildman–Crippen LogP) is 2.98. The maximum atomic E-state index is 12.6. The summed E-state index contributed by atoms with van der Waals surface area (Å²) in [6, 6.07) is -0.790. The highest BCUT2D eigenvalue weighted by Crippen LogP contribution is 2.66. The molecule has 1 heterocycles. The molecule has 198 valence electrons. The number of β-amino-alcohol motifs (C(OH)–C–C–N with tert-alkyl or cyclic N) is 1. The van der Waals surface area contributed by atoms with E-state index < -0.39 is 29.6 Å². The quantitative estimate of drug-likeness (QED) is 0.454. The summed E-state index contributed by atoms with van der Waals surface area (Å²) in [7, 11) is 1.27. The number of oxime groups is 1. The van der Waals surface area contributed by atoms with Crippen LogP contribution in [0.5, 0.6) is 0 Å². The highest BCUT2D eigenvalue weighted by atomic mass is 16.6. The number of hydrogen-bond acceptors (Lipinski definition) is 7. The van der Waals surface area contributed by atoms with Crippen LogP contribution in [0.3, 0.4) is 0 Å². The van der Waals surface area contributed by atoms with E-state index in [1.807, 2.05) is 13.0 Å². The number of allylic oxidation sites excluding steroid dienone is 4. The lowest BCUT2D eigenvalue weighted by Gasteiger charge is -2.58. The molecular formula is C28H40N2O6. The lowest BCUT2D eigenvalue weighted by atomic mass is 9.47. The Morgan fingerprint density at radius 3 is 2.67 bits per heavy atom. The van der Waals surface area contributed by atoms with Gasteiger partial charge in [-0.25, -0.2) is 4.79 Å². The van der Waals surface area contributed by atoms with Crippen LogP contribution in [-0.4, -0.2) is 70.7 Å². The van der Waals surface area contributed by atoms with Gasteiger partial charge in [0.2, 0.25) is 0 Å². The first-order valence-electron chi connectivity index (χ1n) is 13.4. The van der Waals surface area contributed by atoms with Crippen LogP contribution in [0, 0.1) is 28.6 Å². The van der Waals surface area contributed by atoms with E-state index in [2.05, 4.69) is 31.2 Å². The van der Waals surface area contributed by atoms with Crippen molar-refractivity contribution >= 4 is 17.6 Å². The van der Waals surface area contributed by atoms with E-state index >= 15 is 0 Å². The molecule has 0 aromatic heterocycles. The molecule has 8 atom stereocenters. The molecule has 0 unspecified atom stereocenters. The lowest BCUT2D eigenvalue weighted by Crippen LogP contribution is -2.53. The third-order valence-corrected chi connectivity index (χ3v) is 10.6. The third-order valence-electron chi connectivity index (χ3n) is 10.6. The van der Waals surface area contributed by atoms with Gasteiger partial charge in [-0.3, -0.25) is 4.79 Å². The Morgan fingerprint density at radius 2 is 1.92 bits per heavy atom. The Bertz CT molecular complexity index is 1020. The van der Waals surface area contributed by atoms with E-state index in [4.69, 9.17) is 9.57 Å². The summed E-state index contributed by atoms with van der Waals surface area (Å²) in [5, 5.41) is 25.2. The highest BCUT2D eigenvalue weighted by molar-refractivity contribution is 6.05. The van der Waals surface area contributed by atoms with Gasteiger partial charge in [-0.1, -0.05) is 30.7 Å². The van der Waals surface area contributed by atoms with Gasteiger partial charge in [0.05, 0.1) is 18.8 Å². The Kier molecular flexibility index (Phi) is 6.35. The topological polar surface area (TPSA) is 109 Å². The van der Waals surface area contributed by atoms with Gasteiger partial charge in [0.1, 0.15) is 11.8 Å². The average molecular weight is 501 g/mol. The zero-order valence-electron chi connectivity index (χ0n) is 21.9. The number of carbonyl (C=O) groups excluding carboxylic acids is 2. The molecule has 4 aliphatic carbocycles. The second-order valence-corrected chi connectivity index (χ2v) is 12.2. The Morgan fingerprint density at radius 1 is 1.17 bits per heavy atom. The van der Waals surface area contributed by atoms with E-state index in [0.29, 0.717) is 23.5 Å². The third kappa shape index (κ3) is 3.92. The minimum atomic E-state index is -0.790. The number of fused-ring (bicyclic) bond motifs is 5. The van der Waals surface area contributed by atoms with Crippen LogP contribution in [0.2, 0.25) is 0 Å². The molecule has 8 heteroatoms. The SMILES string of the molecule is COC(=O)[C@H]1C[C@@H](O)CN1C(=O)CON=C1C=C[C@@]2(C)C(=C1)CC[C@@H]1[C@@H]2CC[C@@]2(C)[C@H]1CC[C@]2(C)O. The zero-order chi connectivity index (χ0) is 25.9. The minimum absolute atomic E-state index is 0.00931. The fourth-order valence-electron chi connectivity index (χ4n) is 8.20. The standard InChI is InChI=1S/C28H40N2O6/c1-26-10-7-18(29-36-16-24(32)30-15-19(31)14-23(30)25(33)35-4)13-17(26)5-6-20-21(26)8-11-27(2)22(20)9-12-28(27,3)34/h7,10,13,19-23,31,34H,5-6,8-9,11-12,14-16H2,1-4H3/t19-,20-,21+,22+,23-,26+,27+,28+/m1/s1. The number of aliphatic hydroxyl groups excluding tert-OH is 1. The molecule has 8 nitrogen and oxygen atoms in total. The summed E-state index contributed by atoms with van der Waals surface area (Å²) >= 11 is 0. The molecule has 0 aromatic carbocycles. The van der Waals surface area contributed by atoms with Crippen LogP contribution < -0.4 is 0 Å². The maximum Gasteiger partial charge on any atom is 0.328 e. The summed E-state index contributed by atoms with van der Waals surface area (Å²) in [4.78, 5) is 31.3. The van der Waals surface area contributed by atoms with Crippen LogP contribution in [-0.2, 0) is 19.2 Å². The van der Waals surface area contributed by atoms with Gasteiger partial charge in [-0.15, -0.1) is 0 Å². The number of esters is 1. The van der Waals surface area contributed by atoms with E-state index in [1.54, 1.807) is 0 Å². The molecule has 0 spiro atoms. The van der Waals surface area contributed by atoms with Crippen LogP contribution >= 0.6 is 0 Å². The van der Waals surface area contributed by atoms with E-state index in [9.17, 15) is 19.8 Å². The van der Waals surface area contributed by atoms with Crippen molar-refractivity contribution in [3.8, 4) is 0 Å². The molecule has 1 saturated heterocycles. The number of carbonyl (C=O) groups is 2. The fraction of sp³-hybridized carbons (Fsp3) is 0.750. The number of amides is 1. The first-order valence-corrected chi connectivity index (χ1v) is 13.4. The first kappa shape index (κ1) is 25.5. The van der Waals surface area contributed by atoms with Crippen LogP contribution in [0.1, 0.15) is 65.7 Å². The molecule has 0 radical (unpaired) electrons. The monoisotopic (exact) mass is 500 g/mol. The maximum absolute atomic E-state index is 12.6. The second-order valence-electron chi connectivity index (χ2n) is 12.2. The number of methoxy groups -OCH3 is 1. The van der Waals surface area contributed by atoms with Gasteiger partial charge >= 0.3 is 5.97 Å². The summed E-state index contributed by atoms with van der Waals surface area (Å²) in [6.07, 6.45) is 12.1. The highest BCUT2D eigenvalue weighted by Gasteiger charge is 2.62. The van der Waals surface area contributed by atoms with Crippen molar-refractivity contribution in [2.24, 2.45) is 33.7 Å². The summed E-state index contributed by atoms with van der Waals surface area (Å²) in [6.45, 7) is 6.47. The molecule has 1 amide bonds. The minimum Gasteiger partial charge on any atom is -0.467 e. The van der Waals surface area contributed by atoms with Crippen LogP contribution in [0.15, 0.2) is 29.0 Å². The average Bonchev–Trinajstić information content (AvgIpc) is 3.35. The molecule has 3 saturated carbocycles. The summed E-state index contributed by atoms with van der Waals surface area (Å²) in [5.74, 6) is 0.810. The van der Waals surface area contributed by atoms with Crippen molar-refractivity contribution in [3.63, 3.8) is 0 Å². The van der Waals surface area contributed by atoms with Gasteiger partial charge in [0.15, 0.2) is 6.61 Å². The Balaban J connectivity index is 1.24. The number of aliphatic hydroxyl groups is 2. The molecule has 2 N–H and O–H groups in total. The second kappa shape index (κ2) is 8.98. The molecule has 36 heavy (non-hydrogen) atoms. The van der Waals surface area contributed by atoms with Gasteiger partial charge in [-0.2, -0.15) is 0 Å². The summed E-state index contributed by atoms with van der Waals surface area (Å²) in [5.41, 5.74) is 1.47. The molecule has 5 aliphatic rings. The smallest absolute Gasteiger partial charge is 0.328 e. The van der Waals surface area contributed by atoms with Crippen LogP contribution in [0.25, 0.3) is 0 Å². The number of hydrogen-bond donors (Lipinski definition) is 2. The van der Waals surface area contributed by atoms with Crippen molar-refractivity contribution in [1.82, 2.24) is 4.90 Å². The van der Waals surface area contributed by atoms with Crippen LogP contribution in [0.4, 0.5) is 0 Å². The molecular weight excluding hydrogens is 460 g/mol. The molecule has 4 fully saturated rings. The number of rotatable bonds is 4. The van der Waals surface area contributed by atoms with E-state index in [-0.39, 0.29) is 30.4 Å². The summed E-state index contributed by atoms with van der Waals surface area (Å²) < 4.78 is 4.76. The molecule has 0 bridgehead atoms. The van der Waals surface area contributed by atoms with Gasteiger partial charge in [0, 0.05) is 18.4 Å². The molecule has 5 rings (SSSR count). The van der Waals surface area contributed by atoms with Crippen molar-refractivity contribution in [2.75, 3.05) is 20.3 Å². The van der Waals surface area contributed by atoms with Crippen molar-refractivity contribution in [3.05, 3.63) is 23.8 Å². The Labute approximate surface area is 213 Å². The van der Waals surface area contributed by atoms with Crippen molar-refractivity contribution < 1.29 is 29.4 Å². The Hall–Kier alpha value is -2.19. The number of ether oxygens (including phenoxy) is 1. The number of nitrogens with zero attached hydrogens (tertiary/aromatic N) is 2. The van der Waals surface area contributed by atoms with Gasteiger partial charge < -0.3 is 24.7 Å². The zero-order valence-corrected chi connectivity index (χ0v) is 21.9. The first-order chi connectivity index (χ1) is 17.0.